The minimum atomic E-state index is -2.74. The van der Waals surface area contributed by atoms with Crippen LogP contribution in [0.2, 0.25) is 0 Å². The molecule has 1 fully saturated rings. The standard InChI is InChI=1S/C15H31NO2S/c1-4-5-6-7-14(11-16-10-13(2)3)15-8-9-19(17,18)12-15/h13-16H,4-12H2,1-3H3. The molecule has 4 heteroatoms. The lowest BCUT2D eigenvalue weighted by Crippen LogP contribution is -2.31. The fourth-order valence-corrected chi connectivity index (χ4v) is 4.83. The summed E-state index contributed by atoms with van der Waals surface area (Å²) in [4.78, 5) is 0. The molecule has 0 aromatic carbocycles. The third-order valence-electron chi connectivity index (χ3n) is 4.07. The van der Waals surface area contributed by atoms with Crippen molar-refractivity contribution in [2.75, 3.05) is 24.6 Å². The molecule has 1 aliphatic heterocycles. The van der Waals surface area contributed by atoms with Gasteiger partial charge in [-0.1, -0.05) is 40.0 Å². The van der Waals surface area contributed by atoms with E-state index in [2.05, 4.69) is 26.1 Å². The highest BCUT2D eigenvalue weighted by molar-refractivity contribution is 7.91. The Morgan fingerprint density at radius 2 is 1.95 bits per heavy atom. The highest BCUT2D eigenvalue weighted by atomic mass is 32.2. The minimum absolute atomic E-state index is 0.390. The van der Waals surface area contributed by atoms with Crippen molar-refractivity contribution in [3.8, 4) is 0 Å². The monoisotopic (exact) mass is 289 g/mol. The molecule has 19 heavy (non-hydrogen) atoms. The van der Waals surface area contributed by atoms with Crippen LogP contribution in [0.3, 0.4) is 0 Å². The topological polar surface area (TPSA) is 46.2 Å². The highest BCUT2D eigenvalue weighted by Crippen LogP contribution is 2.29. The second-order valence-corrected chi connectivity index (χ2v) is 8.70. The molecule has 1 saturated heterocycles. The van der Waals surface area contributed by atoms with Crippen LogP contribution < -0.4 is 5.32 Å². The number of hydrogen-bond acceptors (Lipinski definition) is 3. The SMILES string of the molecule is CCCCCC(CNCC(C)C)C1CCS(=O)(=O)C1. The molecule has 0 saturated carbocycles. The maximum Gasteiger partial charge on any atom is 0.150 e. The van der Waals surface area contributed by atoms with E-state index in [1.54, 1.807) is 0 Å². The first kappa shape index (κ1) is 17.0. The first-order valence-electron chi connectivity index (χ1n) is 7.85. The van der Waals surface area contributed by atoms with Crippen molar-refractivity contribution in [1.82, 2.24) is 5.32 Å². The third-order valence-corrected chi connectivity index (χ3v) is 5.87. The van der Waals surface area contributed by atoms with E-state index in [9.17, 15) is 8.42 Å². The molecule has 0 aromatic rings. The molecule has 2 atom stereocenters. The minimum Gasteiger partial charge on any atom is -0.316 e. The fourth-order valence-electron chi connectivity index (χ4n) is 2.91. The molecule has 0 amide bonds. The third kappa shape index (κ3) is 6.75. The van der Waals surface area contributed by atoms with Crippen molar-refractivity contribution in [3.63, 3.8) is 0 Å². The zero-order valence-corrected chi connectivity index (χ0v) is 13.6. The number of rotatable bonds is 9. The lowest BCUT2D eigenvalue weighted by atomic mass is 9.87. The average Bonchev–Trinajstić information content (AvgIpc) is 2.67. The quantitative estimate of drug-likeness (QED) is 0.664. The Balaban J connectivity index is 2.44. The zero-order valence-electron chi connectivity index (χ0n) is 12.8. The molecule has 1 N–H and O–H groups in total. The summed E-state index contributed by atoms with van der Waals surface area (Å²) in [7, 11) is -2.74. The van der Waals surface area contributed by atoms with E-state index in [-0.39, 0.29) is 0 Å². The second kappa shape index (κ2) is 8.25. The normalized spacial score (nSPS) is 23.9. The van der Waals surface area contributed by atoms with E-state index in [4.69, 9.17) is 0 Å². The Bertz CT molecular complexity index is 338. The van der Waals surface area contributed by atoms with Gasteiger partial charge in [-0.05, 0) is 43.7 Å². The Morgan fingerprint density at radius 1 is 1.21 bits per heavy atom. The summed E-state index contributed by atoms with van der Waals surface area (Å²) in [5.41, 5.74) is 0. The van der Waals surface area contributed by atoms with Crippen LogP contribution in [0.15, 0.2) is 0 Å². The molecule has 0 aliphatic carbocycles. The first-order chi connectivity index (χ1) is 8.94. The zero-order chi connectivity index (χ0) is 14.3. The lowest BCUT2D eigenvalue weighted by molar-refractivity contribution is 0.311. The Kier molecular flexibility index (Phi) is 7.37. The number of unbranched alkanes of at least 4 members (excludes halogenated alkanes) is 2. The van der Waals surface area contributed by atoms with Gasteiger partial charge >= 0.3 is 0 Å². The van der Waals surface area contributed by atoms with Gasteiger partial charge < -0.3 is 5.32 Å². The summed E-state index contributed by atoms with van der Waals surface area (Å²) in [6.07, 6.45) is 5.79. The maximum atomic E-state index is 11.6. The van der Waals surface area contributed by atoms with Crippen LogP contribution in [0.5, 0.6) is 0 Å². The van der Waals surface area contributed by atoms with Crippen molar-refractivity contribution in [2.45, 2.75) is 52.9 Å². The molecule has 0 bridgehead atoms. The summed E-state index contributed by atoms with van der Waals surface area (Å²) < 4.78 is 23.3. The summed E-state index contributed by atoms with van der Waals surface area (Å²) in [5, 5.41) is 3.52. The van der Waals surface area contributed by atoms with Crippen LogP contribution in [0.4, 0.5) is 0 Å². The largest absolute Gasteiger partial charge is 0.316 e. The molecule has 1 heterocycles. The van der Waals surface area contributed by atoms with Crippen molar-refractivity contribution in [3.05, 3.63) is 0 Å². The summed E-state index contributed by atoms with van der Waals surface area (Å²) in [6.45, 7) is 8.65. The number of nitrogens with one attached hydrogen (secondary N) is 1. The molecule has 0 radical (unpaired) electrons. The van der Waals surface area contributed by atoms with Gasteiger partial charge in [0.05, 0.1) is 11.5 Å². The van der Waals surface area contributed by atoms with Crippen molar-refractivity contribution in [1.29, 1.82) is 0 Å². The van der Waals surface area contributed by atoms with E-state index < -0.39 is 9.84 Å². The van der Waals surface area contributed by atoms with Gasteiger partial charge in [-0.3, -0.25) is 0 Å². The van der Waals surface area contributed by atoms with Gasteiger partial charge in [0.1, 0.15) is 0 Å². The van der Waals surface area contributed by atoms with Crippen LogP contribution in [0.25, 0.3) is 0 Å². The van der Waals surface area contributed by atoms with E-state index >= 15 is 0 Å². The molecule has 0 spiro atoms. The average molecular weight is 289 g/mol. The summed E-state index contributed by atoms with van der Waals surface area (Å²) in [6, 6.07) is 0. The van der Waals surface area contributed by atoms with E-state index in [1.807, 2.05) is 0 Å². The van der Waals surface area contributed by atoms with Gasteiger partial charge in [-0.15, -0.1) is 0 Å². The van der Waals surface area contributed by atoms with Crippen molar-refractivity contribution in [2.24, 2.45) is 17.8 Å². The van der Waals surface area contributed by atoms with Crippen LogP contribution >= 0.6 is 0 Å². The van der Waals surface area contributed by atoms with Gasteiger partial charge in [0.25, 0.3) is 0 Å². The Morgan fingerprint density at radius 3 is 2.47 bits per heavy atom. The van der Waals surface area contributed by atoms with E-state index in [1.165, 1.54) is 25.7 Å². The van der Waals surface area contributed by atoms with Crippen LogP contribution in [0.1, 0.15) is 52.9 Å². The van der Waals surface area contributed by atoms with Gasteiger partial charge in [0.15, 0.2) is 9.84 Å². The van der Waals surface area contributed by atoms with E-state index in [0.717, 1.165) is 19.5 Å². The lowest BCUT2D eigenvalue weighted by Gasteiger charge is -2.23. The van der Waals surface area contributed by atoms with Crippen LogP contribution in [0, 0.1) is 17.8 Å². The predicted octanol–water partition coefficient (Wildman–Crippen LogP) is 2.86. The fraction of sp³-hybridized carbons (Fsp3) is 1.00. The number of sulfone groups is 1. The molecule has 2 unspecified atom stereocenters. The molecule has 1 rings (SSSR count). The van der Waals surface area contributed by atoms with Crippen LogP contribution in [-0.4, -0.2) is 33.0 Å². The smallest absolute Gasteiger partial charge is 0.150 e. The van der Waals surface area contributed by atoms with Crippen molar-refractivity contribution < 1.29 is 8.42 Å². The summed E-state index contributed by atoms with van der Waals surface area (Å²) in [5.74, 6) is 2.42. The molecular formula is C15H31NO2S. The molecule has 1 aliphatic rings. The molecular weight excluding hydrogens is 258 g/mol. The van der Waals surface area contributed by atoms with Gasteiger partial charge in [0.2, 0.25) is 0 Å². The van der Waals surface area contributed by atoms with Gasteiger partial charge in [-0.25, -0.2) is 8.42 Å². The van der Waals surface area contributed by atoms with Crippen molar-refractivity contribution >= 4 is 9.84 Å². The second-order valence-electron chi connectivity index (χ2n) is 6.47. The summed E-state index contributed by atoms with van der Waals surface area (Å²) >= 11 is 0. The molecule has 114 valence electrons. The van der Waals surface area contributed by atoms with Gasteiger partial charge in [-0.2, -0.15) is 0 Å². The van der Waals surface area contributed by atoms with Gasteiger partial charge in [0, 0.05) is 0 Å². The Labute approximate surface area is 119 Å². The first-order valence-corrected chi connectivity index (χ1v) is 9.68. The highest BCUT2D eigenvalue weighted by Gasteiger charge is 2.33. The maximum absolute atomic E-state index is 11.6. The number of hydrogen-bond donors (Lipinski definition) is 1. The predicted molar refractivity (Wildman–Crippen MR) is 82.1 cm³/mol. The van der Waals surface area contributed by atoms with E-state index in [0.29, 0.717) is 29.3 Å². The Hall–Kier alpha value is -0.0900. The van der Waals surface area contributed by atoms with Crippen LogP contribution in [-0.2, 0) is 9.84 Å². The molecule has 0 aromatic heterocycles. The molecule has 3 nitrogen and oxygen atoms in total.